The molecule has 1 unspecified atom stereocenters. The van der Waals surface area contributed by atoms with E-state index in [1.807, 2.05) is 0 Å². The number of amides is 1. The molecule has 110 valence electrons. The van der Waals surface area contributed by atoms with E-state index in [2.05, 4.69) is 10.3 Å². The van der Waals surface area contributed by atoms with Crippen molar-refractivity contribution in [3.63, 3.8) is 0 Å². The molecule has 1 aromatic rings. The Hall–Kier alpha value is -1.73. The predicted molar refractivity (Wildman–Crippen MR) is 75.9 cm³/mol. The van der Waals surface area contributed by atoms with E-state index in [1.54, 1.807) is 6.92 Å². The van der Waals surface area contributed by atoms with Gasteiger partial charge in [-0.1, -0.05) is 0 Å². The second-order valence-electron chi connectivity index (χ2n) is 4.79. The average molecular weight is 301 g/mol. The number of nitrogens with zero attached hydrogens (tertiary/aromatic N) is 2. The van der Waals surface area contributed by atoms with Crippen LogP contribution in [0.2, 0.25) is 0 Å². The zero-order valence-corrected chi connectivity index (χ0v) is 11.9. The lowest BCUT2D eigenvalue weighted by Crippen LogP contribution is -2.38. The molecule has 1 aromatic heterocycles. The Kier molecular flexibility index (Phi) is 5.41. The lowest BCUT2D eigenvalue weighted by Gasteiger charge is -2.12. The summed E-state index contributed by atoms with van der Waals surface area (Å²) in [6.45, 7) is 2.02. The lowest BCUT2D eigenvalue weighted by molar-refractivity contribution is -0.385. The molecule has 7 nitrogen and oxygen atoms in total. The van der Waals surface area contributed by atoms with Crippen molar-refractivity contribution < 1.29 is 9.72 Å². The average Bonchev–Trinajstić information content (AvgIpc) is 3.20. The van der Waals surface area contributed by atoms with Crippen molar-refractivity contribution >= 4 is 24.0 Å². The van der Waals surface area contributed by atoms with E-state index < -0.39 is 4.92 Å². The van der Waals surface area contributed by atoms with E-state index in [9.17, 15) is 14.9 Å². The van der Waals surface area contributed by atoms with Gasteiger partial charge in [-0.3, -0.25) is 19.9 Å². The third-order valence-corrected chi connectivity index (χ3v) is 3.25. The number of halogens is 1. The Morgan fingerprint density at radius 1 is 1.65 bits per heavy atom. The van der Waals surface area contributed by atoms with Gasteiger partial charge in [-0.15, -0.1) is 12.4 Å². The van der Waals surface area contributed by atoms with Gasteiger partial charge in [-0.2, -0.15) is 0 Å². The van der Waals surface area contributed by atoms with Crippen molar-refractivity contribution in [2.75, 3.05) is 6.54 Å². The summed E-state index contributed by atoms with van der Waals surface area (Å²) in [6.07, 6.45) is 3.35. The molecule has 0 bridgehead atoms. The second kappa shape index (κ2) is 6.62. The van der Waals surface area contributed by atoms with E-state index in [4.69, 9.17) is 5.73 Å². The number of hydrogen-bond acceptors (Lipinski definition) is 5. The van der Waals surface area contributed by atoms with Crippen molar-refractivity contribution in [2.24, 2.45) is 11.7 Å². The molecule has 8 heteroatoms. The van der Waals surface area contributed by atoms with Gasteiger partial charge in [0.15, 0.2) is 0 Å². The quantitative estimate of drug-likeness (QED) is 0.626. The Balaban J connectivity index is 0.00000200. The number of aryl methyl sites for hydroxylation is 1. The van der Waals surface area contributed by atoms with Gasteiger partial charge < -0.3 is 11.1 Å². The number of aromatic nitrogens is 1. The Morgan fingerprint density at radius 2 is 2.30 bits per heavy atom. The molecule has 2 rings (SSSR count). The van der Waals surface area contributed by atoms with Crippen LogP contribution in [0.3, 0.4) is 0 Å². The molecule has 1 fully saturated rings. The van der Waals surface area contributed by atoms with Gasteiger partial charge >= 0.3 is 0 Å². The molecule has 0 radical (unpaired) electrons. The Labute approximate surface area is 122 Å². The molecule has 3 N–H and O–H groups in total. The summed E-state index contributed by atoms with van der Waals surface area (Å²) in [4.78, 5) is 25.9. The van der Waals surface area contributed by atoms with Gasteiger partial charge in [-0.05, 0) is 25.7 Å². The number of pyridine rings is 1. The van der Waals surface area contributed by atoms with Crippen LogP contribution in [-0.4, -0.2) is 28.4 Å². The maximum Gasteiger partial charge on any atom is 0.288 e. The summed E-state index contributed by atoms with van der Waals surface area (Å²) in [5.74, 6) is 0.120. The van der Waals surface area contributed by atoms with Gasteiger partial charge in [0.2, 0.25) is 0 Å². The highest BCUT2D eigenvalue weighted by Gasteiger charge is 2.28. The fourth-order valence-corrected chi connectivity index (χ4v) is 1.85. The first-order valence-corrected chi connectivity index (χ1v) is 6.14. The van der Waals surface area contributed by atoms with Crippen molar-refractivity contribution in [3.05, 3.63) is 33.6 Å². The summed E-state index contributed by atoms with van der Waals surface area (Å²) in [6, 6.07) is 1.19. The Morgan fingerprint density at radius 3 is 2.85 bits per heavy atom. The Bertz CT molecular complexity index is 519. The van der Waals surface area contributed by atoms with Crippen molar-refractivity contribution in [1.82, 2.24) is 10.3 Å². The summed E-state index contributed by atoms with van der Waals surface area (Å²) in [5, 5.41) is 13.4. The van der Waals surface area contributed by atoms with Gasteiger partial charge in [-0.25, -0.2) is 0 Å². The summed E-state index contributed by atoms with van der Waals surface area (Å²) < 4.78 is 0. The van der Waals surface area contributed by atoms with Gasteiger partial charge in [0, 0.05) is 18.7 Å². The fourth-order valence-electron chi connectivity index (χ4n) is 1.85. The number of carbonyl (C=O) groups is 1. The number of nitro groups is 1. The highest BCUT2D eigenvalue weighted by molar-refractivity contribution is 5.95. The SMILES string of the molecule is Cc1ncc([N+](=O)[O-])cc1C(=O)NCC(N)C1CC1.Cl. The first-order chi connectivity index (χ1) is 8.99. The number of nitrogens with one attached hydrogen (secondary N) is 1. The van der Waals surface area contributed by atoms with Crippen LogP contribution in [0.25, 0.3) is 0 Å². The molecular formula is C12H17ClN4O3. The van der Waals surface area contributed by atoms with Crippen LogP contribution >= 0.6 is 12.4 Å². The molecule has 0 spiro atoms. The van der Waals surface area contributed by atoms with Gasteiger partial charge in [0.05, 0.1) is 16.2 Å². The summed E-state index contributed by atoms with van der Waals surface area (Å²) in [5.41, 5.74) is 6.37. The number of carbonyl (C=O) groups excluding carboxylic acids is 1. The van der Waals surface area contributed by atoms with Crippen LogP contribution in [-0.2, 0) is 0 Å². The van der Waals surface area contributed by atoms with Crippen molar-refractivity contribution in [3.8, 4) is 0 Å². The maximum absolute atomic E-state index is 12.0. The van der Waals surface area contributed by atoms with Crippen LogP contribution in [0.1, 0.15) is 28.9 Å². The highest BCUT2D eigenvalue weighted by atomic mass is 35.5. The first-order valence-electron chi connectivity index (χ1n) is 6.14. The molecule has 1 atom stereocenters. The monoisotopic (exact) mass is 300 g/mol. The van der Waals surface area contributed by atoms with Crippen LogP contribution in [0, 0.1) is 23.0 Å². The van der Waals surface area contributed by atoms with Crippen molar-refractivity contribution in [1.29, 1.82) is 0 Å². The third kappa shape index (κ3) is 3.88. The molecule has 1 aliphatic rings. The molecule has 1 heterocycles. The van der Waals surface area contributed by atoms with E-state index in [1.165, 1.54) is 6.07 Å². The molecule has 1 aliphatic carbocycles. The van der Waals surface area contributed by atoms with Crippen LogP contribution in [0.15, 0.2) is 12.3 Å². The number of hydrogen-bond donors (Lipinski definition) is 2. The number of nitrogens with two attached hydrogens (primary N) is 1. The van der Waals surface area contributed by atoms with Crippen LogP contribution in [0.4, 0.5) is 5.69 Å². The molecule has 0 aliphatic heterocycles. The van der Waals surface area contributed by atoms with Gasteiger partial charge in [0.25, 0.3) is 11.6 Å². The minimum atomic E-state index is -0.570. The summed E-state index contributed by atoms with van der Waals surface area (Å²) >= 11 is 0. The second-order valence-corrected chi connectivity index (χ2v) is 4.79. The van der Waals surface area contributed by atoms with E-state index >= 15 is 0 Å². The molecule has 1 saturated carbocycles. The largest absolute Gasteiger partial charge is 0.350 e. The molecule has 0 saturated heterocycles. The molecule has 20 heavy (non-hydrogen) atoms. The topological polar surface area (TPSA) is 111 Å². The zero-order valence-electron chi connectivity index (χ0n) is 11.0. The van der Waals surface area contributed by atoms with E-state index in [0.29, 0.717) is 18.2 Å². The van der Waals surface area contributed by atoms with E-state index in [-0.39, 0.29) is 35.6 Å². The standard InChI is InChI=1S/C12H16N4O3.ClH/c1-7-10(4-9(5-14-7)16(18)19)12(17)15-6-11(13)8-2-3-8;/h4-5,8,11H,2-3,6,13H2,1H3,(H,15,17);1H. The van der Waals surface area contributed by atoms with Crippen molar-refractivity contribution in [2.45, 2.75) is 25.8 Å². The highest BCUT2D eigenvalue weighted by Crippen LogP contribution is 2.31. The molecular weight excluding hydrogens is 284 g/mol. The van der Waals surface area contributed by atoms with Crippen LogP contribution in [0.5, 0.6) is 0 Å². The third-order valence-electron chi connectivity index (χ3n) is 3.25. The minimum Gasteiger partial charge on any atom is -0.350 e. The maximum atomic E-state index is 12.0. The smallest absolute Gasteiger partial charge is 0.288 e. The number of rotatable bonds is 5. The molecule has 1 amide bonds. The van der Waals surface area contributed by atoms with Crippen LogP contribution < -0.4 is 11.1 Å². The van der Waals surface area contributed by atoms with Gasteiger partial charge in [0.1, 0.15) is 6.20 Å². The molecule has 0 aromatic carbocycles. The fraction of sp³-hybridized carbons (Fsp3) is 0.500. The lowest BCUT2D eigenvalue weighted by atomic mass is 10.1. The summed E-state index contributed by atoms with van der Waals surface area (Å²) in [7, 11) is 0. The zero-order chi connectivity index (χ0) is 14.0. The van der Waals surface area contributed by atoms with E-state index in [0.717, 1.165) is 19.0 Å². The normalized spacial score (nSPS) is 15.1. The predicted octanol–water partition coefficient (Wildman–Crippen LogP) is 1.19. The first kappa shape index (κ1) is 16.3. The minimum absolute atomic E-state index is 0.